The highest BCUT2D eigenvalue weighted by molar-refractivity contribution is 7.81. The minimum atomic E-state index is 0.696. The van der Waals surface area contributed by atoms with E-state index in [4.69, 9.17) is 18.0 Å². The Bertz CT molecular complexity index is 649. The van der Waals surface area contributed by atoms with Crippen molar-refractivity contribution in [3.8, 4) is 0 Å². The third-order valence-corrected chi connectivity index (χ3v) is 4.17. The summed E-state index contributed by atoms with van der Waals surface area (Å²) >= 11 is 5.50. The topological polar surface area (TPSA) is 38.0 Å². The lowest BCUT2D eigenvalue weighted by molar-refractivity contribution is 0.687. The monoisotopic (exact) mass is 282 g/mol. The summed E-state index contributed by atoms with van der Waals surface area (Å²) in [5.74, 6) is 0. The summed E-state index contributed by atoms with van der Waals surface area (Å²) in [5, 5.41) is 3.38. The Balaban J connectivity index is 1.89. The fourth-order valence-corrected chi connectivity index (χ4v) is 3.09. The van der Waals surface area contributed by atoms with Crippen LogP contribution in [0.15, 0.2) is 42.5 Å². The highest BCUT2D eigenvalue weighted by Crippen LogP contribution is 2.28. The lowest BCUT2D eigenvalue weighted by atomic mass is 9.90. The fourth-order valence-electron chi connectivity index (χ4n) is 2.79. The molecular weight excluding hydrogens is 264 g/mol. The Kier molecular flexibility index (Phi) is 3.70. The first-order chi connectivity index (χ1) is 9.75. The minimum absolute atomic E-state index is 0.696. The molecule has 2 aromatic rings. The molecule has 0 saturated heterocycles. The molecule has 0 amide bonds. The van der Waals surface area contributed by atoms with Gasteiger partial charge in [-0.2, -0.15) is 0 Å². The van der Waals surface area contributed by atoms with Crippen LogP contribution >= 0.6 is 12.2 Å². The molecule has 0 bridgehead atoms. The number of hydrogen-bond donors (Lipinski definition) is 2. The Morgan fingerprint density at radius 1 is 1.00 bits per heavy atom. The molecule has 3 heteroatoms. The quantitative estimate of drug-likeness (QED) is 0.647. The summed E-state index contributed by atoms with van der Waals surface area (Å²) < 4.78 is 0. The number of anilines is 2. The van der Waals surface area contributed by atoms with Crippen LogP contribution in [0, 0.1) is 0 Å². The Hall–Kier alpha value is -1.87. The summed E-state index contributed by atoms with van der Waals surface area (Å²) in [7, 11) is 0. The lowest BCUT2D eigenvalue weighted by Gasteiger charge is -2.20. The SMILES string of the molecule is Nc1ccccc1C(=S)Nc1cccc2c1CCCC2. The number of nitrogens with one attached hydrogen (secondary N) is 1. The van der Waals surface area contributed by atoms with Crippen molar-refractivity contribution < 1.29 is 0 Å². The van der Waals surface area contributed by atoms with E-state index in [-0.39, 0.29) is 0 Å². The molecule has 0 aliphatic heterocycles. The van der Waals surface area contributed by atoms with Gasteiger partial charge in [0.05, 0.1) is 0 Å². The van der Waals surface area contributed by atoms with Crippen molar-refractivity contribution in [2.75, 3.05) is 11.1 Å². The van der Waals surface area contributed by atoms with Gasteiger partial charge in [-0.3, -0.25) is 0 Å². The molecule has 2 aromatic carbocycles. The van der Waals surface area contributed by atoms with Gasteiger partial charge in [0.25, 0.3) is 0 Å². The number of rotatable bonds is 2. The second-order valence-corrected chi connectivity index (χ2v) is 5.60. The van der Waals surface area contributed by atoms with Crippen LogP contribution < -0.4 is 11.1 Å². The van der Waals surface area contributed by atoms with Crippen LogP contribution in [0.2, 0.25) is 0 Å². The van der Waals surface area contributed by atoms with Crippen LogP contribution in [-0.2, 0) is 12.8 Å². The number of nitrogens with two attached hydrogens (primary N) is 1. The predicted octanol–water partition coefficient (Wildman–Crippen LogP) is 3.94. The van der Waals surface area contributed by atoms with Crippen molar-refractivity contribution in [2.24, 2.45) is 0 Å². The Morgan fingerprint density at radius 3 is 2.65 bits per heavy atom. The van der Waals surface area contributed by atoms with Crippen LogP contribution in [0.1, 0.15) is 29.5 Å². The number of benzene rings is 2. The standard InChI is InChI=1S/C17H18N2S/c18-15-10-4-3-9-14(15)17(20)19-16-11-5-7-12-6-1-2-8-13(12)16/h3-5,7,9-11H,1-2,6,8,18H2,(H,19,20). The van der Waals surface area contributed by atoms with E-state index in [1.54, 1.807) is 0 Å². The van der Waals surface area contributed by atoms with Crippen molar-refractivity contribution >= 4 is 28.6 Å². The molecule has 3 rings (SSSR count). The number of thiocarbonyl (C=S) groups is 1. The van der Waals surface area contributed by atoms with Gasteiger partial charge in [0.15, 0.2) is 0 Å². The molecular formula is C17H18N2S. The normalized spacial score (nSPS) is 13.6. The van der Waals surface area contributed by atoms with E-state index >= 15 is 0 Å². The molecule has 0 fully saturated rings. The summed E-state index contributed by atoms with van der Waals surface area (Å²) in [6, 6.07) is 14.1. The first-order valence-electron chi connectivity index (χ1n) is 7.02. The van der Waals surface area contributed by atoms with Gasteiger partial charge in [-0.25, -0.2) is 0 Å². The largest absolute Gasteiger partial charge is 0.398 e. The van der Waals surface area contributed by atoms with E-state index in [1.807, 2.05) is 24.3 Å². The number of aryl methyl sites for hydroxylation is 1. The van der Waals surface area contributed by atoms with E-state index < -0.39 is 0 Å². The molecule has 0 atom stereocenters. The van der Waals surface area contributed by atoms with Gasteiger partial charge in [0.1, 0.15) is 4.99 Å². The molecule has 0 radical (unpaired) electrons. The molecule has 0 spiro atoms. The van der Waals surface area contributed by atoms with Gasteiger partial charge in [-0.15, -0.1) is 0 Å². The summed E-state index contributed by atoms with van der Waals surface area (Å²) in [5.41, 5.74) is 11.6. The van der Waals surface area contributed by atoms with E-state index in [0.717, 1.165) is 23.4 Å². The van der Waals surface area contributed by atoms with Crippen molar-refractivity contribution in [2.45, 2.75) is 25.7 Å². The molecule has 102 valence electrons. The highest BCUT2D eigenvalue weighted by Gasteiger charge is 2.14. The molecule has 3 N–H and O–H groups in total. The average Bonchev–Trinajstić information content (AvgIpc) is 2.48. The Morgan fingerprint density at radius 2 is 1.80 bits per heavy atom. The Labute approximate surface area is 125 Å². The molecule has 1 aliphatic carbocycles. The predicted molar refractivity (Wildman–Crippen MR) is 89.3 cm³/mol. The van der Waals surface area contributed by atoms with Gasteiger partial charge in [0, 0.05) is 16.9 Å². The molecule has 0 saturated carbocycles. The third kappa shape index (κ3) is 2.54. The lowest BCUT2D eigenvalue weighted by Crippen LogP contribution is -2.15. The van der Waals surface area contributed by atoms with E-state index in [0.29, 0.717) is 4.99 Å². The highest BCUT2D eigenvalue weighted by atomic mass is 32.1. The smallest absolute Gasteiger partial charge is 0.113 e. The zero-order valence-electron chi connectivity index (χ0n) is 11.4. The third-order valence-electron chi connectivity index (χ3n) is 3.85. The molecule has 1 aliphatic rings. The number of nitrogen functional groups attached to an aromatic ring is 1. The summed E-state index contributed by atoms with van der Waals surface area (Å²) in [6.07, 6.45) is 4.84. The number of hydrogen-bond acceptors (Lipinski definition) is 2. The van der Waals surface area contributed by atoms with Crippen molar-refractivity contribution in [1.82, 2.24) is 0 Å². The maximum atomic E-state index is 5.99. The second kappa shape index (κ2) is 5.63. The van der Waals surface area contributed by atoms with Crippen LogP contribution in [0.25, 0.3) is 0 Å². The van der Waals surface area contributed by atoms with E-state index in [9.17, 15) is 0 Å². The van der Waals surface area contributed by atoms with Gasteiger partial charge in [0.2, 0.25) is 0 Å². The second-order valence-electron chi connectivity index (χ2n) is 5.19. The van der Waals surface area contributed by atoms with E-state index in [2.05, 4.69) is 23.5 Å². The van der Waals surface area contributed by atoms with Gasteiger partial charge in [-0.1, -0.05) is 36.5 Å². The summed E-state index contributed by atoms with van der Waals surface area (Å²) in [4.78, 5) is 0.696. The van der Waals surface area contributed by atoms with Crippen molar-refractivity contribution in [3.05, 3.63) is 59.2 Å². The van der Waals surface area contributed by atoms with Crippen LogP contribution in [-0.4, -0.2) is 4.99 Å². The van der Waals surface area contributed by atoms with Crippen molar-refractivity contribution in [3.63, 3.8) is 0 Å². The first kappa shape index (κ1) is 13.1. The van der Waals surface area contributed by atoms with Crippen LogP contribution in [0.5, 0.6) is 0 Å². The zero-order valence-corrected chi connectivity index (χ0v) is 12.2. The molecule has 20 heavy (non-hydrogen) atoms. The molecule has 2 nitrogen and oxygen atoms in total. The average molecular weight is 282 g/mol. The summed E-state index contributed by atoms with van der Waals surface area (Å²) in [6.45, 7) is 0. The van der Waals surface area contributed by atoms with E-state index in [1.165, 1.54) is 30.4 Å². The fraction of sp³-hybridized carbons (Fsp3) is 0.235. The maximum Gasteiger partial charge on any atom is 0.113 e. The van der Waals surface area contributed by atoms with Gasteiger partial charge < -0.3 is 11.1 Å². The van der Waals surface area contributed by atoms with Crippen LogP contribution in [0.4, 0.5) is 11.4 Å². The number of fused-ring (bicyclic) bond motifs is 1. The number of para-hydroxylation sites is 1. The first-order valence-corrected chi connectivity index (χ1v) is 7.43. The molecule has 0 heterocycles. The van der Waals surface area contributed by atoms with Gasteiger partial charge in [-0.05, 0) is 55.0 Å². The van der Waals surface area contributed by atoms with Crippen molar-refractivity contribution in [1.29, 1.82) is 0 Å². The van der Waals surface area contributed by atoms with Gasteiger partial charge >= 0.3 is 0 Å². The zero-order chi connectivity index (χ0) is 13.9. The maximum absolute atomic E-state index is 5.99. The van der Waals surface area contributed by atoms with Crippen LogP contribution in [0.3, 0.4) is 0 Å². The minimum Gasteiger partial charge on any atom is -0.398 e. The molecule has 0 aromatic heterocycles. The molecule has 0 unspecified atom stereocenters.